The highest BCUT2D eigenvalue weighted by Gasteiger charge is 2.25. The molecule has 0 unspecified atom stereocenters. The number of nitrogens with two attached hydrogens (primary N) is 2. The van der Waals surface area contributed by atoms with Gasteiger partial charge >= 0.3 is 11.9 Å². The fourth-order valence-electron chi connectivity index (χ4n) is 5.69. The van der Waals surface area contributed by atoms with E-state index in [4.69, 9.17) is 21.3 Å². The Morgan fingerprint density at radius 3 is 2.47 bits per heavy atom. The molecule has 2 atom stereocenters. The molecule has 3 heterocycles. The topological polar surface area (TPSA) is 214 Å². The van der Waals surface area contributed by atoms with E-state index in [1.54, 1.807) is 7.11 Å². The number of aliphatic carboxylic acids is 2. The van der Waals surface area contributed by atoms with Gasteiger partial charge in [0.05, 0.1) is 19.2 Å². The van der Waals surface area contributed by atoms with Crippen LogP contribution in [0.5, 0.6) is 5.75 Å². The minimum atomic E-state index is -1.21. The maximum atomic E-state index is 12.4. The number of carbonyl (C=O) groups is 3. The number of nitrogens with zero attached hydrogens (tertiary/aromatic N) is 5. The van der Waals surface area contributed by atoms with Gasteiger partial charge in [-0.3, -0.25) is 24.2 Å². The lowest BCUT2D eigenvalue weighted by molar-refractivity contribution is -0.139. The second kappa shape index (κ2) is 18.6. The summed E-state index contributed by atoms with van der Waals surface area (Å²) >= 11 is 0.863. The average molecular weight is 700 g/mol. The monoisotopic (exact) mass is 699 g/mol. The first-order chi connectivity index (χ1) is 23.6. The van der Waals surface area contributed by atoms with Crippen LogP contribution in [0.3, 0.4) is 0 Å². The third-order valence-electron chi connectivity index (χ3n) is 8.45. The van der Waals surface area contributed by atoms with Crippen molar-refractivity contribution in [2.45, 2.75) is 57.0 Å². The average Bonchev–Trinajstić information content (AvgIpc) is 3.48. The van der Waals surface area contributed by atoms with Crippen LogP contribution in [0.15, 0.2) is 30.5 Å². The molecule has 0 bridgehead atoms. The fraction of sp³-hybridized carbons (Fsp3) is 0.545. The molecular formula is C33H49N9O6S. The molecule has 268 valence electrons. The van der Waals surface area contributed by atoms with E-state index < -0.39 is 23.2 Å². The Bertz CT molecular complexity index is 1560. The number of carboxylic acids is 2. The summed E-state index contributed by atoms with van der Waals surface area (Å²) in [4.78, 5) is 48.3. The van der Waals surface area contributed by atoms with Crippen LogP contribution in [0.2, 0.25) is 0 Å². The van der Waals surface area contributed by atoms with Gasteiger partial charge in [0.2, 0.25) is 11.9 Å². The summed E-state index contributed by atoms with van der Waals surface area (Å²) in [6.45, 7) is 8.84. The molecule has 1 aliphatic heterocycles. The number of rotatable bonds is 20. The Balaban J connectivity index is 1.25. The molecule has 1 aromatic carbocycles. The van der Waals surface area contributed by atoms with Crippen molar-refractivity contribution >= 4 is 52.4 Å². The van der Waals surface area contributed by atoms with Gasteiger partial charge in [0.25, 0.3) is 0 Å². The van der Waals surface area contributed by atoms with Crippen molar-refractivity contribution in [1.82, 2.24) is 29.7 Å². The van der Waals surface area contributed by atoms with Crippen molar-refractivity contribution in [3.63, 3.8) is 0 Å². The Morgan fingerprint density at radius 1 is 1.02 bits per heavy atom. The smallest absolute Gasteiger partial charge is 0.321 e. The van der Waals surface area contributed by atoms with Crippen LogP contribution in [0.4, 0.5) is 11.8 Å². The molecule has 2 aromatic heterocycles. The van der Waals surface area contributed by atoms with Crippen LogP contribution in [0.25, 0.3) is 11.0 Å². The van der Waals surface area contributed by atoms with Crippen molar-refractivity contribution in [3.05, 3.63) is 41.6 Å². The van der Waals surface area contributed by atoms with Crippen LogP contribution in [-0.2, 0) is 27.5 Å². The third-order valence-corrected chi connectivity index (χ3v) is 9.78. The molecule has 1 aliphatic rings. The molecule has 1 fully saturated rings. The Kier molecular flexibility index (Phi) is 14.3. The van der Waals surface area contributed by atoms with Crippen molar-refractivity contribution < 1.29 is 29.3 Å². The number of nitrogen functional groups attached to an aromatic ring is 1. The number of benzene rings is 1. The zero-order valence-corrected chi connectivity index (χ0v) is 29.1. The van der Waals surface area contributed by atoms with Gasteiger partial charge in [-0.1, -0.05) is 31.9 Å². The molecule has 49 heavy (non-hydrogen) atoms. The quantitative estimate of drug-likeness (QED) is 0.0930. The van der Waals surface area contributed by atoms with Crippen molar-refractivity contribution in [1.29, 1.82) is 0 Å². The highest BCUT2D eigenvalue weighted by molar-refractivity contribution is 8.00. The number of carboxylic acid groups (broad SMARTS) is 2. The lowest BCUT2D eigenvalue weighted by Gasteiger charge is -2.34. The first-order valence-corrected chi connectivity index (χ1v) is 17.7. The molecule has 8 N–H and O–H groups in total. The molecule has 15 nitrogen and oxygen atoms in total. The number of hydrogen-bond donors (Lipinski definition) is 6. The molecule has 4 rings (SSSR count). The number of thioether (sulfide) groups is 1. The zero-order valence-electron chi connectivity index (χ0n) is 28.3. The second-order valence-electron chi connectivity index (χ2n) is 12.2. The van der Waals surface area contributed by atoms with Gasteiger partial charge in [-0.05, 0) is 24.1 Å². The predicted octanol–water partition coefficient (Wildman–Crippen LogP) is 1.89. The Morgan fingerprint density at radius 2 is 1.78 bits per heavy atom. The number of carbonyl (C=O) groups excluding carboxylic acids is 1. The summed E-state index contributed by atoms with van der Waals surface area (Å²) in [5, 5.41) is 23.5. The van der Waals surface area contributed by atoms with Gasteiger partial charge in [0.1, 0.15) is 22.6 Å². The molecule has 0 radical (unpaired) electrons. The number of unbranched alkanes of at least 4 members (excludes halogenated alkanes) is 2. The van der Waals surface area contributed by atoms with Gasteiger partial charge in [0, 0.05) is 76.3 Å². The highest BCUT2D eigenvalue weighted by atomic mass is 32.2. The maximum Gasteiger partial charge on any atom is 0.321 e. The lowest BCUT2D eigenvalue weighted by atomic mass is 10.1. The second-order valence-corrected chi connectivity index (χ2v) is 13.4. The molecule has 0 spiro atoms. The first-order valence-electron chi connectivity index (χ1n) is 16.6. The van der Waals surface area contributed by atoms with Gasteiger partial charge in [-0.25, -0.2) is 4.98 Å². The number of amides is 1. The number of ether oxygens (including phenoxy) is 1. The number of anilines is 2. The SMILES string of the molecule is CCCCCNc1nc(N)nc2ccn(Cc3ccc(CN4CCN(CCNC(=O)C[C@H](SC[C@H](N)C(=O)O)C(=O)O)CC4)cc3OC)c12. The minimum Gasteiger partial charge on any atom is -0.496 e. The van der Waals surface area contributed by atoms with Gasteiger partial charge in [-0.2, -0.15) is 4.98 Å². The largest absolute Gasteiger partial charge is 0.496 e. The first kappa shape index (κ1) is 37.7. The number of hydrogen-bond acceptors (Lipinski definition) is 12. The molecule has 0 aliphatic carbocycles. The van der Waals surface area contributed by atoms with Gasteiger partial charge in [0.15, 0.2) is 5.82 Å². The van der Waals surface area contributed by atoms with Crippen LogP contribution < -0.4 is 26.8 Å². The number of fused-ring (bicyclic) bond motifs is 1. The number of aromatic nitrogens is 3. The minimum absolute atomic E-state index is 0.0872. The predicted molar refractivity (Wildman–Crippen MR) is 191 cm³/mol. The normalized spacial score (nSPS) is 15.2. The summed E-state index contributed by atoms with van der Waals surface area (Å²) in [5.41, 5.74) is 15.4. The number of nitrogens with one attached hydrogen (secondary N) is 2. The Hall–Kier alpha value is -4.12. The van der Waals surface area contributed by atoms with E-state index in [9.17, 15) is 19.5 Å². The fourth-order valence-corrected chi connectivity index (χ4v) is 6.69. The van der Waals surface area contributed by atoms with E-state index in [0.29, 0.717) is 19.6 Å². The number of methoxy groups -OCH3 is 1. The van der Waals surface area contributed by atoms with E-state index in [1.807, 2.05) is 12.3 Å². The summed E-state index contributed by atoms with van der Waals surface area (Å²) in [7, 11) is 1.69. The third kappa shape index (κ3) is 11.2. The molecule has 1 saturated heterocycles. The van der Waals surface area contributed by atoms with E-state index in [-0.39, 0.29) is 24.0 Å². The summed E-state index contributed by atoms with van der Waals surface area (Å²) in [5.74, 6) is -1.05. The summed E-state index contributed by atoms with van der Waals surface area (Å²) in [6, 6.07) is 7.12. The Labute approximate surface area is 290 Å². The van der Waals surface area contributed by atoms with Gasteiger partial charge < -0.3 is 41.6 Å². The standard InChI is InChI=1S/C33H49N9O6S/c1-3-4-5-9-37-30-29-25(38-33(35)39-30)8-11-42(29)20-23-7-6-22(17-26(23)48-2)19-41-15-13-40(14-16-41)12-10-36-28(43)18-27(32(46)47)49-21-24(34)31(44)45/h6-8,11,17,24,27H,3-5,9-10,12-16,18-21,34H2,1-2H3,(H,36,43)(H,44,45)(H,46,47)(H3,35,37,38,39)/t24-,27-/m0/s1. The molecule has 1 amide bonds. The summed E-state index contributed by atoms with van der Waals surface area (Å²) < 4.78 is 7.95. The van der Waals surface area contributed by atoms with Crippen LogP contribution in [0.1, 0.15) is 43.7 Å². The van der Waals surface area contributed by atoms with E-state index in [2.05, 4.69) is 60.1 Å². The maximum absolute atomic E-state index is 12.4. The summed E-state index contributed by atoms with van der Waals surface area (Å²) in [6.07, 6.45) is 5.10. The van der Waals surface area contributed by atoms with Crippen LogP contribution in [0, 0.1) is 0 Å². The highest BCUT2D eigenvalue weighted by Crippen LogP contribution is 2.27. The van der Waals surface area contributed by atoms with E-state index in [0.717, 1.165) is 104 Å². The molecule has 3 aromatic rings. The number of piperazine rings is 1. The van der Waals surface area contributed by atoms with Crippen molar-refractivity contribution in [2.75, 3.05) is 69.7 Å². The van der Waals surface area contributed by atoms with E-state index in [1.165, 1.54) is 0 Å². The van der Waals surface area contributed by atoms with Crippen molar-refractivity contribution in [3.8, 4) is 5.75 Å². The molecule has 16 heteroatoms. The van der Waals surface area contributed by atoms with Gasteiger partial charge in [-0.15, -0.1) is 11.8 Å². The van der Waals surface area contributed by atoms with Crippen molar-refractivity contribution in [2.24, 2.45) is 5.73 Å². The molecule has 0 saturated carbocycles. The molecular weight excluding hydrogens is 650 g/mol. The lowest BCUT2D eigenvalue weighted by Crippen LogP contribution is -2.48. The van der Waals surface area contributed by atoms with E-state index >= 15 is 0 Å². The van der Waals surface area contributed by atoms with Crippen LogP contribution >= 0.6 is 11.8 Å². The van der Waals surface area contributed by atoms with Crippen LogP contribution in [-0.4, -0.2) is 122 Å². The zero-order chi connectivity index (χ0) is 35.3.